The van der Waals surface area contributed by atoms with Crippen molar-refractivity contribution in [1.29, 1.82) is 0 Å². The van der Waals surface area contributed by atoms with E-state index in [0.717, 1.165) is 16.3 Å². The molecule has 0 saturated heterocycles. The van der Waals surface area contributed by atoms with Crippen LogP contribution in [0.15, 0.2) is 33.3 Å². The second kappa shape index (κ2) is 4.35. The molecule has 1 aromatic heterocycles. The van der Waals surface area contributed by atoms with E-state index >= 15 is 0 Å². The lowest BCUT2D eigenvalue weighted by Crippen LogP contribution is -1.85. The molecule has 0 radical (unpaired) electrons. The number of aromatic nitrogens is 2. The zero-order valence-electron chi connectivity index (χ0n) is 7.68. The Morgan fingerprint density at radius 3 is 3.07 bits per heavy atom. The van der Waals surface area contributed by atoms with Gasteiger partial charge in [-0.15, -0.1) is 0 Å². The highest BCUT2D eigenvalue weighted by molar-refractivity contribution is 9.10. The number of nitrogens with zero attached hydrogens (tertiary/aromatic N) is 2. The predicted octanol–water partition coefficient (Wildman–Crippen LogP) is 2.24. The summed E-state index contributed by atoms with van der Waals surface area (Å²) in [5.41, 5.74) is 0.852. The Bertz CT molecular complexity index is 482. The van der Waals surface area contributed by atoms with Gasteiger partial charge < -0.3 is 9.32 Å². The van der Waals surface area contributed by atoms with Gasteiger partial charge in [-0.3, -0.25) is 0 Å². The van der Waals surface area contributed by atoms with Gasteiger partial charge in [0.15, 0.2) is 0 Å². The van der Waals surface area contributed by atoms with Gasteiger partial charge in [0.25, 0.3) is 0 Å². The lowest BCUT2D eigenvalue weighted by molar-refractivity contribution is -0.107. The molecule has 0 saturated carbocycles. The average molecular weight is 267 g/mol. The topological polar surface area (TPSA) is 56.0 Å². The van der Waals surface area contributed by atoms with E-state index in [9.17, 15) is 4.79 Å². The first-order valence-corrected chi connectivity index (χ1v) is 5.11. The van der Waals surface area contributed by atoms with E-state index in [0.29, 0.717) is 11.7 Å². The number of carbonyl (C=O) groups is 1. The van der Waals surface area contributed by atoms with Gasteiger partial charge in [0.2, 0.25) is 11.7 Å². The first kappa shape index (κ1) is 10.0. The van der Waals surface area contributed by atoms with E-state index in [-0.39, 0.29) is 6.42 Å². The monoisotopic (exact) mass is 266 g/mol. The lowest BCUT2D eigenvalue weighted by atomic mass is 10.2. The van der Waals surface area contributed by atoms with Crippen molar-refractivity contribution in [3.63, 3.8) is 0 Å². The maximum absolute atomic E-state index is 10.2. The van der Waals surface area contributed by atoms with Gasteiger partial charge in [-0.2, -0.15) is 4.98 Å². The third-order valence-corrected chi connectivity index (χ3v) is 2.30. The van der Waals surface area contributed by atoms with Crippen LogP contribution in [0.2, 0.25) is 0 Å². The second-order valence-electron chi connectivity index (χ2n) is 2.89. The molecule has 0 fully saturated rings. The molecule has 0 aliphatic rings. The Kier molecular flexibility index (Phi) is 2.91. The normalized spacial score (nSPS) is 10.2. The maximum atomic E-state index is 10.2. The molecule has 5 heteroatoms. The number of rotatable bonds is 3. The summed E-state index contributed by atoms with van der Waals surface area (Å²) in [4.78, 5) is 14.3. The van der Waals surface area contributed by atoms with Crippen molar-refractivity contribution in [3.05, 3.63) is 34.6 Å². The van der Waals surface area contributed by atoms with Crippen LogP contribution in [-0.2, 0) is 11.2 Å². The van der Waals surface area contributed by atoms with Crippen molar-refractivity contribution >= 4 is 22.2 Å². The minimum absolute atomic E-state index is 0.154. The summed E-state index contributed by atoms with van der Waals surface area (Å²) in [7, 11) is 0. The van der Waals surface area contributed by atoms with Gasteiger partial charge in [-0.05, 0) is 12.1 Å². The number of benzene rings is 1. The second-order valence-corrected chi connectivity index (χ2v) is 3.81. The summed E-state index contributed by atoms with van der Waals surface area (Å²) in [6, 6.07) is 7.56. The number of hydrogen-bond acceptors (Lipinski definition) is 4. The zero-order chi connectivity index (χ0) is 10.7. The summed E-state index contributed by atoms with van der Waals surface area (Å²) in [6.45, 7) is 0. The number of carbonyl (C=O) groups excluding carboxylic acids is 1. The minimum atomic E-state index is 0.154. The smallest absolute Gasteiger partial charge is 0.234 e. The van der Waals surface area contributed by atoms with Crippen molar-refractivity contribution in [2.75, 3.05) is 0 Å². The van der Waals surface area contributed by atoms with Crippen LogP contribution in [0.5, 0.6) is 0 Å². The molecule has 0 bridgehead atoms. The molecule has 0 unspecified atom stereocenters. The maximum Gasteiger partial charge on any atom is 0.234 e. The SMILES string of the molecule is O=CCc1nc(-c2cccc(Br)c2)no1. The van der Waals surface area contributed by atoms with E-state index in [1.165, 1.54) is 0 Å². The fraction of sp³-hybridized carbons (Fsp3) is 0.100. The standard InChI is InChI=1S/C10H7BrN2O2/c11-8-3-1-2-7(6-8)10-12-9(4-5-14)15-13-10/h1-3,5-6H,4H2. The number of hydrogen-bond donors (Lipinski definition) is 0. The molecular weight excluding hydrogens is 260 g/mol. The molecule has 2 aromatic rings. The molecule has 0 aliphatic heterocycles. The molecular formula is C10H7BrN2O2. The Morgan fingerprint density at radius 1 is 1.47 bits per heavy atom. The Hall–Kier alpha value is -1.49. The molecule has 2 rings (SSSR count). The van der Waals surface area contributed by atoms with Gasteiger partial charge >= 0.3 is 0 Å². The van der Waals surface area contributed by atoms with Crippen LogP contribution in [0.25, 0.3) is 11.4 Å². The highest BCUT2D eigenvalue weighted by Crippen LogP contribution is 2.20. The molecule has 15 heavy (non-hydrogen) atoms. The first-order valence-electron chi connectivity index (χ1n) is 4.32. The molecule has 0 atom stereocenters. The van der Waals surface area contributed by atoms with E-state index < -0.39 is 0 Å². The van der Waals surface area contributed by atoms with Gasteiger partial charge in [0.1, 0.15) is 6.29 Å². The van der Waals surface area contributed by atoms with Crippen LogP contribution >= 0.6 is 15.9 Å². The molecule has 1 aromatic carbocycles. The molecule has 0 N–H and O–H groups in total. The van der Waals surface area contributed by atoms with E-state index in [4.69, 9.17) is 4.52 Å². The molecule has 1 heterocycles. The zero-order valence-corrected chi connectivity index (χ0v) is 9.27. The van der Waals surface area contributed by atoms with Crippen LogP contribution in [0.4, 0.5) is 0 Å². The van der Waals surface area contributed by atoms with E-state index in [1.54, 1.807) is 0 Å². The van der Waals surface area contributed by atoms with Crippen LogP contribution in [-0.4, -0.2) is 16.4 Å². The quantitative estimate of drug-likeness (QED) is 0.800. The van der Waals surface area contributed by atoms with Gasteiger partial charge in [0, 0.05) is 10.0 Å². The van der Waals surface area contributed by atoms with Crippen molar-refractivity contribution in [1.82, 2.24) is 10.1 Å². The summed E-state index contributed by atoms with van der Waals surface area (Å²) < 4.78 is 5.84. The average Bonchev–Trinajstić information content (AvgIpc) is 2.67. The van der Waals surface area contributed by atoms with Crippen molar-refractivity contribution in [3.8, 4) is 11.4 Å². The third kappa shape index (κ3) is 2.30. The van der Waals surface area contributed by atoms with Crippen LogP contribution in [0.3, 0.4) is 0 Å². The van der Waals surface area contributed by atoms with Crippen LogP contribution < -0.4 is 0 Å². The van der Waals surface area contributed by atoms with Crippen LogP contribution in [0, 0.1) is 0 Å². The van der Waals surface area contributed by atoms with E-state index in [2.05, 4.69) is 26.1 Å². The fourth-order valence-corrected chi connectivity index (χ4v) is 1.55. The van der Waals surface area contributed by atoms with Gasteiger partial charge in [-0.25, -0.2) is 0 Å². The van der Waals surface area contributed by atoms with E-state index in [1.807, 2.05) is 24.3 Å². The lowest BCUT2D eigenvalue weighted by Gasteiger charge is -1.93. The number of halogens is 1. The van der Waals surface area contributed by atoms with Gasteiger partial charge in [0.05, 0.1) is 6.42 Å². The van der Waals surface area contributed by atoms with Crippen molar-refractivity contribution < 1.29 is 9.32 Å². The van der Waals surface area contributed by atoms with Crippen molar-refractivity contribution in [2.45, 2.75) is 6.42 Å². The third-order valence-electron chi connectivity index (χ3n) is 1.81. The Labute approximate surface area is 94.4 Å². The van der Waals surface area contributed by atoms with Crippen molar-refractivity contribution in [2.24, 2.45) is 0 Å². The fourth-order valence-electron chi connectivity index (χ4n) is 1.15. The molecule has 0 amide bonds. The number of aldehydes is 1. The largest absolute Gasteiger partial charge is 0.339 e. The minimum Gasteiger partial charge on any atom is -0.339 e. The predicted molar refractivity (Wildman–Crippen MR) is 57.2 cm³/mol. The Morgan fingerprint density at radius 2 is 2.33 bits per heavy atom. The molecule has 0 spiro atoms. The first-order chi connectivity index (χ1) is 7.29. The summed E-state index contributed by atoms with van der Waals surface area (Å²) in [5.74, 6) is 0.827. The summed E-state index contributed by atoms with van der Waals surface area (Å²) in [5, 5.41) is 3.78. The highest BCUT2D eigenvalue weighted by atomic mass is 79.9. The molecule has 4 nitrogen and oxygen atoms in total. The molecule has 0 aliphatic carbocycles. The van der Waals surface area contributed by atoms with Gasteiger partial charge in [-0.1, -0.05) is 33.2 Å². The Balaban J connectivity index is 2.32. The van der Waals surface area contributed by atoms with Crippen LogP contribution in [0.1, 0.15) is 5.89 Å². The molecule has 76 valence electrons. The summed E-state index contributed by atoms with van der Waals surface area (Å²) >= 11 is 3.35. The summed E-state index contributed by atoms with van der Waals surface area (Å²) in [6.07, 6.45) is 0.888. The highest BCUT2D eigenvalue weighted by Gasteiger charge is 2.07.